The molecule has 1 aliphatic heterocycles. The van der Waals surface area contributed by atoms with E-state index in [0.717, 1.165) is 50.4 Å². The lowest BCUT2D eigenvalue weighted by molar-refractivity contribution is -0.131. The summed E-state index contributed by atoms with van der Waals surface area (Å²) in [7, 11) is 0. The van der Waals surface area contributed by atoms with Crippen molar-refractivity contribution in [1.82, 2.24) is 4.90 Å². The van der Waals surface area contributed by atoms with Crippen LogP contribution >= 0.6 is 11.3 Å². The molecule has 26 heavy (non-hydrogen) atoms. The molecule has 2 amide bonds. The number of amides is 2. The number of piperazine rings is 1. The topological polar surface area (TPSA) is 52.7 Å². The molecule has 0 spiro atoms. The third-order valence-electron chi connectivity index (χ3n) is 4.61. The van der Waals surface area contributed by atoms with Gasteiger partial charge < -0.3 is 15.1 Å². The number of carbonyl (C=O) groups is 2. The standard InChI is InChI=1S/C20H25N3O2S/c1-2-3-6-19(24)23-13-11-22(12-14-23)17-9-7-16(8-10-17)21-20(25)18-5-4-15-26-18/h4-5,7-10,15H,2-3,6,11-14H2,1H3,(H,21,25). The van der Waals surface area contributed by atoms with Crippen molar-refractivity contribution in [2.45, 2.75) is 26.2 Å². The van der Waals surface area contributed by atoms with E-state index in [4.69, 9.17) is 0 Å². The van der Waals surface area contributed by atoms with E-state index in [1.165, 1.54) is 11.3 Å². The predicted molar refractivity (Wildman–Crippen MR) is 107 cm³/mol. The van der Waals surface area contributed by atoms with Crippen LogP contribution in [0.2, 0.25) is 0 Å². The Morgan fingerprint density at radius 1 is 1.08 bits per heavy atom. The zero-order chi connectivity index (χ0) is 18.4. The second kappa shape index (κ2) is 8.85. The van der Waals surface area contributed by atoms with Gasteiger partial charge >= 0.3 is 0 Å². The number of thiophene rings is 1. The molecule has 0 saturated carbocycles. The van der Waals surface area contributed by atoms with E-state index in [9.17, 15) is 9.59 Å². The molecule has 5 nitrogen and oxygen atoms in total. The Morgan fingerprint density at radius 3 is 2.42 bits per heavy atom. The summed E-state index contributed by atoms with van der Waals surface area (Å²) >= 11 is 1.43. The van der Waals surface area contributed by atoms with Gasteiger partial charge in [0, 0.05) is 44.0 Å². The summed E-state index contributed by atoms with van der Waals surface area (Å²) in [4.78, 5) is 29.2. The summed E-state index contributed by atoms with van der Waals surface area (Å²) in [5, 5.41) is 4.81. The molecule has 0 radical (unpaired) electrons. The molecular formula is C20H25N3O2S. The highest BCUT2D eigenvalue weighted by molar-refractivity contribution is 7.12. The van der Waals surface area contributed by atoms with Crippen molar-refractivity contribution in [2.24, 2.45) is 0 Å². The van der Waals surface area contributed by atoms with Gasteiger partial charge in [-0.15, -0.1) is 11.3 Å². The fraction of sp³-hybridized carbons (Fsp3) is 0.400. The number of carbonyl (C=O) groups excluding carboxylic acids is 2. The summed E-state index contributed by atoms with van der Waals surface area (Å²) in [5.41, 5.74) is 1.92. The summed E-state index contributed by atoms with van der Waals surface area (Å²) in [6.07, 6.45) is 2.69. The molecule has 1 aromatic carbocycles. The molecule has 0 bridgehead atoms. The van der Waals surface area contributed by atoms with Crippen LogP contribution in [0.3, 0.4) is 0 Å². The van der Waals surface area contributed by atoms with Crippen LogP contribution in [0, 0.1) is 0 Å². The first-order valence-corrected chi connectivity index (χ1v) is 10.0. The van der Waals surface area contributed by atoms with Gasteiger partial charge in [-0.1, -0.05) is 19.4 Å². The van der Waals surface area contributed by atoms with Gasteiger partial charge in [0.05, 0.1) is 4.88 Å². The highest BCUT2D eigenvalue weighted by Gasteiger charge is 2.20. The van der Waals surface area contributed by atoms with Crippen molar-refractivity contribution >= 4 is 34.5 Å². The first kappa shape index (κ1) is 18.5. The SMILES string of the molecule is CCCCC(=O)N1CCN(c2ccc(NC(=O)c3cccs3)cc2)CC1. The monoisotopic (exact) mass is 371 g/mol. The van der Waals surface area contributed by atoms with Crippen LogP contribution in [0.4, 0.5) is 11.4 Å². The van der Waals surface area contributed by atoms with Gasteiger partial charge in [-0.3, -0.25) is 9.59 Å². The van der Waals surface area contributed by atoms with Crippen LogP contribution in [0.25, 0.3) is 0 Å². The molecule has 6 heteroatoms. The molecular weight excluding hydrogens is 346 g/mol. The molecule has 1 aromatic heterocycles. The maximum absolute atomic E-state index is 12.1. The van der Waals surface area contributed by atoms with Crippen LogP contribution in [-0.4, -0.2) is 42.9 Å². The lowest BCUT2D eigenvalue weighted by Crippen LogP contribution is -2.48. The average molecular weight is 372 g/mol. The Balaban J connectivity index is 1.51. The Morgan fingerprint density at radius 2 is 1.81 bits per heavy atom. The first-order chi connectivity index (χ1) is 12.7. The Labute approximate surface area is 158 Å². The smallest absolute Gasteiger partial charge is 0.265 e. The molecule has 0 atom stereocenters. The highest BCUT2D eigenvalue weighted by Crippen LogP contribution is 2.21. The van der Waals surface area contributed by atoms with Gasteiger partial charge in [0.2, 0.25) is 5.91 Å². The van der Waals surface area contributed by atoms with Gasteiger partial charge in [0.15, 0.2) is 0 Å². The third kappa shape index (κ3) is 4.64. The van der Waals surface area contributed by atoms with Crippen molar-refractivity contribution < 1.29 is 9.59 Å². The van der Waals surface area contributed by atoms with Gasteiger partial charge in [0.25, 0.3) is 5.91 Å². The second-order valence-electron chi connectivity index (χ2n) is 6.45. The Hall–Kier alpha value is -2.34. The minimum absolute atomic E-state index is 0.0769. The van der Waals surface area contributed by atoms with E-state index in [-0.39, 0.29) is 11.8 Å². The zero-order valence-electron chi connectivity index (χ0n) is 15.1. The van der Waals surface area contributed by atoms with Crippen LogP contribution in [0.5, 0.6) is 0 Å². The first-order valence-electron chi connectivity index (χ1n) is 9.15. The van der Waals surface area contributed by atoms with Gasteiger partial charge in [-0.25, -0.2) is 0 Å². The molecule has 1 aliphatic rings. The van der Waals surface area contributed by atoms with E-state index < -0.39 is 0 Å². The van der Waals surface area contributed by atoms with Gasteiger partial charge in [-0.05, 0) is 42.1 Å². The lowest BCUT2D eigenvalue weighted by atomic mass is 10.2. The van der Waals surface area contributed by atoms with Crippen molar-refractivity contribution in [3.05, 3.63) is 46.7 Å². The van der Waals surface area contributed by atoms with E-state index in [1.807, 2.05) is 46.7 Å². The van der Waals surface area contributed by atoms with Crippen molar-refractivity contribution in [3.8, 4) is 0 Å². The van der Waals surface area contributed by atoms with Crippen molar-refractivity contribution in [2.75, 3.05) is 36.4 Å². The largest absolute Gasteiger partial charge is 0.368 e. The number of hydrogen-bond donors (Lipinski definition) is 1. The molecule has 3 rings (SSSR count). The molecule has 2 aromatic rings. The maximum Gasteiger partial charge on any atom is 0.265 e. The summed E-state index contributed by atoms with van der Waals surface area (Å²) < 4.78 is 0. The van der Waals surface area contributed by atoms with Crippen LogP contribution in [0.15, 0.2) is 41.8 Å². The molecule has 138 valence electrons. The fourth-order valence-electron chi connectivity index (χ4n) is 3.06. The third-order valence-corrected chi connectivity index (χ3v) is 5.48. The molecule has 1 N–H and O–H groups in total. The number of unbranched alkanes of at least 4 members (excludes halogenated alkanes) is 1. The molecule has 1 fully saturated rings. The number of hydrogen-bond acceptors (Lipinski definition) is 4. The molecule has 2 heterocycles. The molecule has 0 unspecified atom stereocenters. The van der Waals surface area contributed by atoms with E-state index in [0.29, 0.717) is 11.3 Å². The van der Waals surface area contributed by atoms with Crippen LogP contribution in [0.1, 0.15) is 35.9 Å². The van der Waals surface area contributed by atoms with Crippen LogP contribution < -0.4 is 10.2 Å². The number of nitrogens with one attached hydrogen (secondary N) is 1. The predicted octanol–water partition coefficient (Wildman–Crippen LogP) is 3.84. The van der Waals surface area contributed by atoms with Crippen LogP contribution in [-0.2, 0) is 4.79 Å². The number of benzene rings is 1. The minimum Gasteiger partial charge on any atom is -0.368 e. The average Bonchev–Trinajstić information content (AvgIpc) is 3.22. The normalized spacial score (nSPS) is 14.3. The van der Waals surface area contributed by atoms with E-state index in [1.54, 1.807) is 0 Å². The van der Waals surface area contributed by atoms with Gasteiger partial charge in [-0.2, -0.15) is 0 Å². The van der Waals surface area contributed by atoms with Gasteiger partial charge in [0.1, 0.15) is 0 Å². The lowest BCUT2D eigenvalue weighted by Gasteiger charge is -2.36. The van der Waals surface area contributed by atoms with E-state index >= 15 is 0 Å². The number of anilines is 2. The highest BCUT2D eigenvalue weighted by atomic mass is 32.1. The Kier molecular flexibility index (Phi) is 6.28. The summed E-state index contributed by atoms with van der Waals surface area (Å²) in [6.45, 7) is 5.36. The second-order valence-corrected chi connectivity index (χ2v) is 7.40. The summed E-state index contributed by atoms with van der Waals surface area (Å²) in [5.74, 6) is 0.199. The number of nitrogens with zero attached hydrogens (tertiary/aromatic N) is 2. The minimum atomic E-state index is -0.0769. The Bertz CT molecular complexity index is 720. The van der Waals surface area contributed by atoms with Crippen molar-refractivity contribution in [3.63, 3.8) is 0 Å². The number of rotatable bonds is 6. The quantitative estimate of drug-likeness (QED) is 0.839. The zero-order valence-corrected chi connectivity index (χ0v) is 15.9. The summed E-state index contributed by atoms with van der Waals surface area (Å²) in [6, 6.07) is 11.6. The fourth-order valence-corrected chi connectivity index (χ4v) is 3.68. The molecule has 0 aliphatic carbocycles. The van der Waals surface area contributed by atoms with Crippen molar-refractivity contribution in [1.29, 1.82) is 0 Å². The maximum atomic E-state index is 12.1. The van der Waals surface area contributed by atoms with E-state index in [2.05, 4.69) is 17.1 Å². The molecule has 1 saturated heterocycles.